The summed E-state index contributed by atoms with van der Waals surface area (Å²) in [6, 6.07) is 22.5. The minimum absolute atomic E-state index is 0.0431. The van der Waals surface area contributed by atoms with Crippen LogP contribution in [0.25, 0.3) is 0 Å². The third-order valence-corrected chi connectivity index (χ3v) is 7.33. The molecule has 1 unspecified atom stereocenters. The number of thioether (sulfide) groups is 1. The Kier molecular flexibility index (Phi) is 8.79. The van der Waals surface area contributed by atoms with Crippen LogP contribution in [0, 0.1) is 30.0 Å². The van der Waals surface area contributed by atoms with Gasteiger partial charge in [-0.25, -0.2) is 9.38 Å². The van der Waals surface area contributed by atoms with Gasteiger partial charge in [-0.3, -0.25) is 9.59 Å². The second-order valence-corrected chi connectivity index (χ2v) is 9.90. The molecule has 1 aliphatic heterocycles. The van der Waals surface area contributed by atoms with Gasteiger partial charge in [-0.05, 0) is 49.2 Å². The smallest absolute Gasteiger partial charge is 0.234 e. The van der Waals surface area contributed by atoms with E-state index < -0.39 is 23.6 Å². The molecule has 7 nitrogen and oxygen atoms in total. The molecule has 0 spiro atoms. The summed E-state index contributed by atoms with van der Waals surface area (Å²) < 4.78 is 20.3. The summed E-state index contributed by atoms with van der Waals surface area (Å²) in [6.45, 7) is 3.55. The van der Waals surface area contributed by atoms with Crippen LogP contribution in [0.3, 0.4) is 0 Å². The number of carbonyl (C=O) groups is 2. The number of anilines is 2. The SMILES string of the molecule is COc1cccc(NC(=O)CSC2=C(C#N)[C@@H](c3ccccc3F)C(C(=O)Nc3ccccc3C)C(C)=N2)c1. The van der Waals surface area contributed by atoms with Gasteiger partial charge in [0.1, 0.15) is 16.6 Å². The summed E-state index contributed by atoms with van der Waals surface area (Å²) in [5, 5.41) is 16.2. The minimum atomic E-state index is -0.925. The highest BCUT2D eigenvalue weighted by molar-refractivity contribution is 8.03. The van der Waals surface area contributed by atoms with E-state index in [1.165, 1.54) is 13.2 Å². The lowest BCUT2D eigenvalue weighted by molar-refractivity contribution is -0.118. The lowest BCUT2D eigenvalue weighted by Crippen LogP contribution is -2.37. The highest BCUT2D eigenvalue weighted by Crippen LogP contribution is 2.43. The number of hydrogen-bond acceptors (Lipinski definition) is 6. The van der Waals surface area contributed by atoms with Gasteiger partial charge in [-0.1, -0.05) is 54.2 Å². The second-order valence-electron chi connectivity index (χ2n) is 8.93. The predicted molar refractivity (Wildman–Crippen MR) is 152 cm³/mol. The van der Waals surface area contributed by atoms with Crippen LogP contribution in [0.5, 0.6) is 5.75 Å². The Hall–Kier alpha value is -4.42. The molecule has 2 atom stereocenters. The van der Waals surface area contributed by atoms with Gasteiger partial charge in [0.2, 0.25) is 11.8 Å². The highest BCUT2D eigenvalue weighted by atomic mass is 32.2. The Balaban J connectivity index is 1.64. The molecule has 0 saturated carbocycles. The van der Waals surface area contributed by atoms with Gasteiger partial charge in [-0.15, -0.1) is 0 Å². The molecule has 0 aromatic heterocycles. The number of allylic oxidation sites excluding steroid dienone is 1. The standard InChI is InChI=1S/C30H27FN4O3S/c1-18-9-4-7-14-25(18)35-29(37)27-19(2)33-30(23(16-32)28(27)22-12-5-6-13-24(22)31)39-17-26(36)34-20-10-8-11-21(15-20)38-3/h4-15,27-28H,17H2,1-3H3,(H,34,36)(H,35,37)/t27?,28-/m1/s1. The van der Waals surface area contributed by atoms with Crippen molar-refractivity contribution in [1.29, 1.82) is 5.26 Å². The number of amides is 2. The third-order valence-electron chi connectivity index (χ3n) is 6.34. The number of nitrogens with one attached hydrogen (secondary N) is 2. The average Bonchev–Trinajstić information content (AvgIpc) is 2.93. The summed E-state index contributed by atoms with van der Waals surface area (Å²) >= 11 is 1.07. The average molecular weight is 543 g/mol. The van der Waals surface area contributed by atoms with Gasteiger partial charge in [-0.2, -0.15) is 5.26 Å². The maximum atomic E-state index is 15.1. The number of rotatable bonds is 8. The number of nitriles is 1. The van der Waals surface area contributed by atoms with Crippen molar-refractivity contribution < 1.29 is 18.7 Å². The monoisotopic (exact) mass is 542 g/mol. The number of halogens is 1. The first-order valence-electron chi connectivity index (χ1n) is 12.2. The largest absolute Gasteiger partial charge is 0.497 e. The quantitative estimate of drug-likeness (QED) is 0.360. The molecular weight excluding hydrogens is 515 g/mol. The number of carbonyl (C=O) groups excluding carboxylic acids is 2. The van der Waals surface area contributed by atoms with Crippen LogP contribution in [0.4, 0.5) is 15.8 Å². The third kappa shape index (κ3) is 6.36. The molecule has 3 aromatic carbocycles. The lowest BCUT2D eigenvalue weighted by Gasteiger charge is -2.31. The molecule has 0 bridgehead atoms. The molecule has 0 radical (unpaired) electrons. The Labute approximate surface area is 230 Å². The van der Waals surface area contributed by atoms with E-state index in [2.05, 4.69) is 21.7 Å². The lowest BCUT2D eigenvalue weighted by atomic mass is 9.76. The van der Waals surface area contributed by atoms with Gasteiger partial charge < -0.3 is 15.4 Å². The maximum Gasteiger partial charge on any atom is 0.234 e. The summed E-state index contributed by atoms with van der Waals surface area (Å²) in [4.78, 5) is 30.8. The van der Waals surface area contributed by atoms with Crippen molar-refractivity contribution in [2.75, 3.05) is 23.5 Å². The van der Waals surface area contributed by atoms with E-state index in [1.807, 2.05) is 25.1 Å². The molecule has 0 aliphatic carbocycles. The van der Waals surface area contributed by atoms with Crippen molar-refractivity contribution in [2.24, 2.45) is 10.9 Å². The fourth-order valence-corrected chi connectivity index (χ4v) is 5.29. The van der Waals surface area contributed by atoms with Crippen molar-refractivity contribution in [3.63, 3.8) is 0 Å². The molecule has 39 heavy (non-hydrogen) atoms. The molecule has 0 fully saturated rings. The number of nitrogens with zero attached hydrogens (tertiary/aromatic N) is 2. The summed E-state index contributed by atoms with van der Waals surface area (Å²) in [6.07, 6.45) is 0. The van der Waals surface area contributed by atoms with Crippen LogP contribution in [0.15, 0.2) is 88.4 Å². The molecule has 0 saturated heterocycles. The maximum absolute atomic E-state index is 15.1. The van der Waals surface area contributed by atoms with Crippen molar-refractivity contribution in [3.05, 3.63) is 100 Å². The first kappa shape index (κ1) is 27.6. The number of para-hydroxylation sites is 1. The number of aliphatic imine (C=N–C) groups is 1. The number of hydrogen-bond donors (Lipinski definition) is 2. The molecule has 198 valence electrons. The molecule has 2 amide bonds. The van der Waals surface area contributed by atoms with Gasteiger partial charge >= 0.3 is 0 Å². The highest BCUT2D eigenvalue weighted by Gasteiger charge is 2.40. The topological polar surface area (TPSA) is 104 Å². The van der Waals surface area contributed by atoms with E-state index in [0.717, 1.165) is 17.3 Å². The first-order chi connectivity index (χ1) is 18.8. The van der Waals surface area contributed by atoms with Crippen LogP contribution in [0.2, 0.25) is 0 Å². The zero-order valence-corrected chi connectivity index (χ0v) is 22.5. The normalized spacial score (nSPS) is 16.6. The van der Waals surface area contributed by atoms with E-state index in [9.17, 15) is 14.9 Å². The second kappa shape index (κ2) is 12.4. The molecule has 9 heteroatoms. The van der Waals surface area contributed by atoms with Crippen molar-refractivity contribution in [1.82, 2.24) is 0 Å². The fraction of sp³-hybridized carbons (Fsp3) is 0.200. The van der Waals surface area contributed by atoms with E-state index in [0.29, 0.717) is 22.8 Å². The van der Waals surface area contributed by atoms with E-state index >= 15 is 4.39 Å². The molecule has 1 aliphatic rings. The van der Waals surface area contributed by atoms with Gasteiger partial charge in [0.25, 0.3) is 0 Å². The molecular formula is C30H27FN4O3S. The summed E-state index contributed by atoms with van der Waals surface area (Å²) in [5.41, 5.74) is 2.83. The van der Waals surface area contributed by atoms with E-state index in [4.69, 9.17) is 4.74 Å². The van der Waals surface area contributed by atoms with Crippen molar-refractivity contribution in [2.45, 2.75) is 19.8 Å². The Morgan fingerprint density at radius 2 is 1.79 bits per heavy atom. The molecule has 4 rings (SSSR count). The first-order valence-corrected chi connectivity index (χ1v) is 13.2. The van der Waals surface area contributed by atoms with Crippen LogP contribution in [-0.2, 0) is 9.59 Å². The molecule has 2 N–H and O–H groups in total. The number of ether oxygens (including phenoxy) is 1. The number of aryl methyl sites for hydroxylation is 1. The van der Waals surface area contributed by atoms with Crippen LogP contribution in [0.1, 0.15) is 24.0 Å². The zero-order valence-electron chi connectivity index (χ0n) is 21.7. The minimum Gasteiger partial charge on any atom is -0.497 e. The van der Waals surface area contributed by atoms with Crippen LogP contribution in [-0.4, -0.2) is 30.4 Å². The Morgan fingerprint density at radius 3 is 2.51 bits per heavy atom. The Bertz CT molecular complexity index is 1510. The summed E-state index contributed by atoms with van der Waals surface area (Å²) in [5.74, 6) is -2.52. The molecule has 3 aromatic rings. The van der Waals surface area contributed by atoms with E-state index in [-0.39, 0.29) is 27.8 Å². The molecule has 1 heterocycles. The van der Waals surface area contributed by atoms with Gasteiger partial charge in [0, 0.05) is 29.1 Å². The summed E-state index contributed by atoms with van der Waals surface area (Å²) in [7, 11) is 1.54. The Morgan fingerprint density at radius 1 is 1.05 bits per heavy atom. The van der Waals surface area contributed by atoms with Crippen LogP contribution >= 0.6 is 11.8 Å². The van der Waals surface area contributed by atoms with Gasteiger partial charge in [0.15, 0.2) is 0 Å². The van der Waals surface area contributed by atoms with E-state index in [1.54, 1.807) is 55.5 Å². The van der Waals surface area contributed by atoms with Gasteiger partial charge in [0.05, 0.1) is 30.4 Å². The predicted octanol–water partition coefficient (Wildman–Crippen LogP) is 6.06. The number of methoxy groups -OCH3 is 1. The fourth-order valence-electron chi connectivity index (χ4n) is 4.42. The van der Waals surface area contributed by atoms with Crippen molar-refractivity contribution in [3.8, 4) is 11.8 Å². The zero-order chi connectivity index (χ0) is 27.9. The van der Waals surface area contributed by atoms with Crippen molar-refractivity contribution >= 4 is 40.7 Å². The number of benzene rings is 3. The van der Waals surface area contributed by atoms with Crippen LogP contribution < -0.4 is 15.4 Å².